The zero-order valence-electron chi connectivity index (χ0n) is 11.8. The Balaban J connectivity index is 2.27. The van der Waals surface area contributed by atoms with Crippen LogP contribution in [-0.2, 0) is 0 Å². The highest BCUT2D eigenvalue weighted by molar-refractivity contribution is 6.37. The summed E-state index contributed by atoms with van der Waals surface area (Å²) in [5.74, 6) is 1.18. The zero-order chi connectivity index (χ0) is 15.4. The Bertz CT molecular complexity index is 632. The maximum absolute atomic E-state index is 6.20. The van der Waals surface area contributed by atoms with Gasteiger partial charge in [-0.2, -0.15) is 0 Å². The third kappa shape index (κ3) is 3.94. The molecule has 1 aromatic carbocycles. The first-order valence-electron chi connectivity index (χ1n) is 6.63. The molecular formula is C15H16Cl3N3. The minimum absolute atomic E-state index is 0.0284. The number of aromatic nitrogens is 1. The van der Waals surface area contributed by atoms with Crippen LogP contribution in [0.15, 0.2) is 30.3 Å². The van der Waals surface area contributed by atoms with Gasteiger partial charge in [0.2, 0.25) is 0 Å². The van der Waals surface area contributed by atoms with Gasteiger partial charge in [-0.05, 0) is 31.5 Å². The van der Waals surface area contributed by atoms with Gasteiger partial charge < -0.3 is 10.6 Å². The number of nitrogens with one attached hydrogen (secondary N) is 2. The van der Waals surface area contributed by atoms with Gasteiger partial charge in [0.15, 0.2) is 0 Å². The van der Waals surface area contributed by atoms with Crippen molar-refractivity contribution >= 4 is 46.4 Å². The number of hydrogen-bond acceptors (Lipinski definition) is 3. The van der Waals surface area contributed by atoms with Gasteiger partial charge in [0.1, 0.15) is 11.6 Å². The van der Waals surface area contributed by atoms with E-state index in [0.29, 0.717) is 26.7 Å². The highest BCUT2D eigenvalue weighted by Crippen LogP contribution is 2.32. The highest BCUT2D eigenvalue weighted by atomic mass is 35.5. The average Bonchev–Trinajstić information content (AvgIpc) is 2.44. The first-order valence-corrected chi connectivity index (χ1v) is 7.77. The molecule has 1 aromatic heterocycles. The van der Waals surface area contributed by atoms with Gasteiger partial charge in [-0.25, -0.2) is 4.98 Å². The van der Waals surface area contributed by atoms with Gasteiger partial charge in [-0.3, -0.25) is 0 Å². The van der Waals surface area contributed by atoms with Crippen molar-refractivity contribution in [3.05, 3.63) is 51.0 Å². The van der Waals surface area contributed by atoms with Gasteiger partial charge in [0.05, 0.1) is 16.1 Å². The summed E-state index contributed by atoms with van der Waals surface area (Å²) < 4.78 is 0. The van der Waals surface area contributed by atoms with E-state index in [2.05, 4.69) is 15.6 Å². The SMILES string of the molecule is CCNc1nc(NC(C)c2ccccc2Cl)c(Cl)cc1Cl. The van der Waals surface area contributed by atoms with Crippen LogP contribution in [-0.4, -0.2) is 11.5 Å². The standard InChI is InChI=1S/C15H16Cl3N3/c1-3-19-14-12(17)8-13(18)15(21-14)20-9(2)10-6-4-5-7-11(10)16/h4-9H,3H2,1-2H3,(H2,19,20,21). The van der Waals surface area contributed by atoms with Crippen LogP contribution in [0.25, 0.3) is 0 Å². The molecule has 1 atom stereocenters. The zero-order valence-corrected chi connectivity index (χ0v) is 14.0. The van der Waals surface area contributed by atoms with Crippen molar-refractivity contribution in [2.45, 2.75) is 19.9 Å². The van der Waals surface area contributed by atoms with E-state index in [9.17, 15) is 0 Å². The number of rotatable bonds is 5. The van der Waals surface area contributed by atoms with Crippen LogP contribution in [0.5, 0.6) is 0 Å². The normalized spacial score (nSPS) is 12.0. The number of benzene rings is 1. The lowest BCUT2D eigenvalue weighted by Crippen LogP contribution is -2.10. The van der Waals surface area contributed by atoms with Crippen LogP contribution in [0.4, 0.5) is 11.6 Å². The minimum atomic E-state index is -0.0284. The summed E-state index contributed by atoms with van der Waals surface area (Å²) in [5, 5.41) is 8.04. The van der Waals surface area contributed by atoms with Gasteiger partial charge >= 0.3 is 0 Å². The number of pyridine rings is 1. The summed E-state index contributed by atoms with van der Waals surface area (Å²) in [5.41, 5.74) is 0.983. The number of anilines is 2. The third-order valence-electron chi connectivity index (χ3n) is 3.00. The predicted octanol–water partition coefficient (Wildman–Crippen LogP) is 5.65. The Hall–Kier alpha value is -1.16. The molecule has 3 nitrogen and oxygen atoms in total. The lowest BCUT2D eigenvalue weighted by Gasteiger charge is -2.18. The fourth-order valence-electron chi connectivity index (χ4n) is 1.97. The minimum Gasteiger partial charge on any atom is -0.369 e. The fraction of sp³-hybridized carbons (Fsp3) is 0.267. The number of hydrogen-bond donors (Lipinski definition) is 2. The molecule has 0 spiro atoms. The Morgan fingerprint density at radius 2 is 1.71 bits per heavy atom. The maximum atomic E-state index is 6.20. The summed E-state index contributed by atoms with van der Waals surface area (Å²) in [6.07, 6.45) is 0. The van der Waals surface area contributed by atoms with E-state index >= 15 is 0 Å². The fourth-order valence-corrected chi connectivity index (χ4v) is 2.75. The Morgan fingerprint density at radius 1 is 1.05 bits per heavy atom. The Morgan fingerprint density at radius 3 is 2.38 bits per heavy atom. The molecule has 0 fully saturated rings. The molecule has 0 aliphatic heterocycles. The lowest BCUT2D eigenvalue weighted by atomic mass is 10.1. The second-order valence-electron chi connectivity index (χ2n) is 4.57. The summed E-state index contributed by atoms with van der Waals surface area (Å²) in [6.45, 7) is 4.71. The van der Waals surface area contributed by atoms with Gasteiger partial charge in [0, 0.05) is 11.6 Å². The van der Waals surface area contributed by atoms with Crippen molar-refractivity contribution in [3.8, 4) is 0 Å². The van der Waals surface area contributed by atoms with Crippen LogP contribution in [0.3, 0.4) is 0 Å². The second kappa shape index (κ2) is 7.21. The topological polar surface area (TPSA) is 37.0 Å². The van der Waals surface area contributed by atoms with E-state index in [1.54, 1.807) is 6.07 Å². The van der Waals surface area contributed by atoms with Crippen LogP contribution in [0, 0.1) is 0 Å². The molecule has 1 heterocycles. The van der Waals surface area contributed by atoms with E-state index in [4.69, 9.17) is 34.8 Å². The van der Waals surface area contributed by atoms with Crippen molar-refractivity contribution in [1.29, 1.82) is 0 Å². The van der Waals surface area contributed by atoms with Gasteiger partial charge in [0.25, 0.3) is 0 Å². The smallest absolute Gasteiger partial charge is 0.147 e. The second-order valence-corrected chi connectivity index (χ2v) is 5.79. The van der Waals surface area contributed by atoms with E-state index in [-0.39, 0.29) is 6.04 Å². The van der Waals surface area contributed by atoms with Crippen molar-refractivity contribution in [3.63, 3.8) is 0 Å². The van der Waals surface area contributed by atoms with E-state index < -0.39 is 0 Å². The monoisotopic (exact) mass is 343 g/mol. The molecule has 2 N–H and O–H groups in total. The van der Waals surface area contributed by atoms with Crippen LogP contribution < -0.4 is 10.6 Å². The molecule has 0 radical (unpaired) electrons. The van der Waals surface area contributed by atoms with Gasteiger partial charge in [-0.1, -0.05) is 53.0 Å². The van der Waals surface area contributed by atoms with Crippen molar-refractivity contribution < 1.29 is 0 Å². The van der Waals surface area contributed by atoms with Crippen molar-refractivity contribution in [2.75, 3.05) is 17.2 Å². The van der Waals surface area contributed by atoms with Crippen LogP contribution >= 0.6 is 34.8 Å². The molecule has 0 saturated carbocycles. The summed E-state index contributed by atoms with van der Waals surface area (Å²) >= 11 is 18.5. The van der Waals surface area contributed by atoms with Crippen LogP contribution in [0.2, 0.25) is 15.1 Å². The average molecular weight is 345 g/mol. The molecule has 0 aliphatic rings. The molecule has 112 valence electrons. The van der Waals surface area contributed by atoms with Gasteiger partial charge in [-0.15, -0.1) is 0 Å². The van der Waals surface area contributed by atoms with Crippen molar-refractivity contribution in [1.82, 2.24) is 4.98 Å². The Labute approximate surface area is 139 Å². The molecule has 0 aliphatic carbocycles. The third-order valence-corrected chi connectivity index (χ3v) is 3.92. The molecular weight excluding hydrogens is 329 g/mol. The molecule has 21 heavy (non-hydrogen) atoms. The molecule has 0 saturated heterocycles. The summed E-state index contributed by atoms with van der Waals surface area (Å²) in [7, 11) is 0. The molecule has 0 amide bonds. The number of nitrogens with zero attached hydrogens (tertiary/aromatic N) is 1. The molecule has 0 bridgehead atoms. The summed E-state index contributed by atoms with van der Waals surface area (Å²) in [6, 6.07) is 9.32. The molecule has 6 heteroatoms. The van der Waals surface area contributed by atoms with Crippen LogP contribution in [0.1, 0.15) is 25.5 Å². The maximum Gasteiger partial charge on any atom is 0.147 e. The Kier molecular flexibility index (Phi) is 5.57. The van der Waals surface area contributed by atoms with Crippen molar-refractivity contribution in [2.24, 2.45) is 0 Å². The largest absolute Gasteiger partial charge is 0.369 e. The van der Waals surface area contributed by atoms with E-state index in [0.717, 1.165) is 12.1 Å². The molecule has 2 rings (SSSR count). The van der Waals surface area contributed by atoms with E-state index in [1.165, 1.54) is 0 Å². The first-order chi connectivity index (χ1) is 10.0. The quantitative estimate of drug-likeness (QED) is 0.736. The lowest BCUT2D eigenvalue weighted by molar-refractivity contribution is 0.875. The highest BCUT2D eigenvalue weighted by Gasteiger charge is 2.14. The number of halogens is 3. The molecule has 1 unspecified atom stereocenters. The molecule has 2 aromatic rings. The predicted molar refractivity (Wildman–Crippen MR) is 91.9 cm³/mol. The first kappa shape index (κ1) is 16.2. The summed E-state index contributed by atoms with van der Waals surface area (Å²) in [4.78, 5) is 4.43. The van der Waals surface area contributed by atoms with E-state index in [1.807, 2.05) is 38.1 Å².